The summed E-state index contributed by atoms with van der Waals surface area (Å²) in [6, 6.07) is 0. The quantitative estimate of drug-likeness (QED) is 0.456. The third-order valence-electron chi connectivity index (χ3n) is 0.902. The first-order valence-corrected chi connectivity index (χ1v) is 2.83. The normalized spacial score (nSPS) is 9.50. The van der Waals surface area contributed by atoms with Crippen LogP contribution < -0.4 is 0 Å². The minimum atomic E-state index is -1.24. The van der Waals surface area contributed by atoms with Crippen molar-refractivity contribution in [3.63, 3.8) is 0 Å². The summed E-state index contributed by atoms with van der Waals surface area (Å²) in [5.41, 5.74) is 0. The third-order valence-corrected chi connectivity index (χ3v) is 0.902. The van der Waals surface area contributed by atoms with Crippen molar-refractivity contribution in [2.75, 3.05) is 6.61 Å². The monoisotopic (exact) mass is 145 g/mol. The maximum atomic E-state index is 10.5. The first-order valence-electron chi connectivity index (χ1n) is 2.83. The van der Waals surface area contributed by atoms with E-state index in [1.165, 1.54) is 6.92 Å². The Labute approximate surface area is 58.8 Å². The molecule has 0 aromatic heterocycles. The number of ether oxygens (including phenoxy) is 1. The maximum absolute atomic E-state index is 10.5. The molecule has 0 aliphatic heterocycles. The summed E-state index contributed by atoms with van der Waals surface area (Å²) in [4.78, 5) is 20.6. The molecule has 4 heteroatoms. The number of hydrogen-bond donors (Lipinski definition) is 1. The predicted octanol–water partition coefficient (Wildman–Crippen LogP) is 0.228. The molecule has 0 fully saturated rings. The SMILES string of the molecule is CCOC(=O)[C](C)C(=O)O. The molecule has 57 valence electrons. The van der Waals surface area contributed by atoms with Gasteiger partial charge in [-0.3, -0.25) is 9.59 Å². The van der Waals surface area contributed by atoms with Crippen LogP contribution in [0.25, 0.3) is 0 Å². The summed E-state index contributed by atoms with van der Waals surface area (Å²) in [5.74, 6) is -2.30. The fraction of sp³-hybridized carbons (Fsp3) is 0.500. The molecule has 4 nitrogen and oxygen atoms in total. The van der Waals surface area contributed by atoms with Crippen molar-refractivity contribution in [3.8, 4) is 0 Å². The molecule has 0 aliphatic rings. The zero-order chi connectivity index (χ0) is 8.15. The van der Waals surface area contributed by atoms with Gasteiger partial charge >= 0.3 is 11.9 Å². The summed E-state index contributed by atoms with van der Waals surface area (Å²) >= 11 is 0. The number of aliphatic carboxylic acids is 1. The van der Waals surface area contributed by atoms with Gasteiger partial charge < -0.3 is 9.84 Å². The Balaban J connectivity index is 3.82. The number of carbonyl (C=O) groups is 2. The van der Waals surface area contributed by atoms with E-state index in [9.17, 15) is 9.59 Å². The van der Waals surface area contributed by atoms with Crippen LogP contribution in [0.5, 0.6) is 0 Å². The van der Waals surface area contributed by atoms with Crippen molar-refractivity contribution in [2.24, 2.45) is 0 Å². The van der Waals surface area contributed by atoms with Gasteiger partial charge in [0.15, 0.2) is 5.92 Å². The van der Waals surface area contributed by atoms with Crippen LogP contribution in [0.4, 0.5) is 0 Å². The number of carbonyl (C=O) groups excluding carboxylic acids is 1. The van der Waals surface area contributed by atoms with Crippen LogP contribution in [-0.2, 0) is 14.3 Å². The van der Waals surface area contributed by atoms with Crippen LogP contribution in [0.1, 0.15) is 13.8 Å². The van der Waals surface area contributed by atoms with E-state index < -0.39 is 11.9 Å². The van der Waals surface area contributed by atoms with Crippen molar-refractivity contribution in [1.82, 2.24) is 0 Å². The Bertz CT molecular complexity index is 141. The van der Waals surface area contributed by atoms with Gasteiger partial charge in [-0.05, 0) is 13.8 Å². The molecule has 0 amide bonds. The molecule has 0 aromatic carbocycles. The molecular formula is C6H9O4. The minimum Gasteiger partial charge on any atom is -0.480 e. The van der Waals surface area contributed by atoms with Crippen molar-refractivity contribution in [3.05, 3.63) is 5.92 Å². The molecule has 10 heavy (non-hydrogen) atoms. The third kappa shape index (κ3) is 2.48. The molecule has 0 aromatic rings. The summed E-state index contributed by atoms with van der Waals surface area (Å²) < 4.78 is 4.41. The lowest BCUT2D eigenvalue weighted by Gasteiger charge is -2.02. The highest BCUT2D eigenvalue weighted by Gasteiger charge is 2.22. The molecule has 0 heterocycles. The second-order valence-corrected chi connectivity index (χ2v) is 1.65. The first-order chi connectivity index (χ1) is 4.59. The Kier molecular flexibility index (Phi) is 3.46. The molecule has 0 saturated carbocycles. The average molecular weight is 145 g/mol. The Morgan fingerprint density at radius 3 is 2.30 bits per heavy atom. The first kappa shape index (κ1) is 8.94. The largest absolute Gasteiger partial charge is 0.480 e. The van der Waals surface area contributed by atoms with E-state index >= 15 is 0 Å². The highest BCUT2D eigenvalue weighted by atomic mass is 16.5. The van der Waals surface area contributed by atoms with E-state index in [1.54, 1.807) is 6.92 Å². The summed E-state index contributed by atoms with van der Waals surface area (Å²) in [5, 5.41) is 8.24. The van der Waals surface area contributed by atoms with Crippen LogP contribution in [0.3, 0.4) is 0 Å². The van der Waals surface area contributed by atoms with Gasteiger partial charge in [0.2, 0.25) is 0 Å². The van der Waals surface area contributed by atoms with Gasteiger partial charge in [-0.25, -0.2) is 0 Å². The fourth-order valence-electron chi connectivity index (χ4n) is 0.327. The molecule has 1 N–H and O–H groups in total. The van der Waals surface area contributed by atoms with E-state index in [0.29, 0.717) is 0 Å². The van der Waals surface area contributed by atoms with E-state index in [4.69, 9.17) is 5.11 Å². The van der Waals surface area contributed by atoms with Gasteiger partial charge in [-0.1, -0.05) is 0 Å². The Morgan fingerprint density at radius 2 is 2.00 bits per heavy atom. The summed E-state index contributed by atoms with van der Waals surface area (Å²) in [6.45, 7) is 3.02. The highest BCUT2D eigenvalue weighted by Crippen LogP contribution is 2.00. The van der Waals surface area contributed by atoms with Crippen molar-refractivity contribution >= 4 is 11.9 Å². The zero-order valence-corrected chi connectivity index (χ0v) is 5.88. The lowest BCUT2D eigenvalue weighted by atomic mass is 10.2. The number of carboxylic acids is 1. The van der Waals surface area contributed by atoms with Crippen molar-refractivity contribution in [1.29, 1.82) is 0 Å². The number of carboxylic acid groups (broad SMARTS) is 1. The zero-order valence-electron chi connectivity index (χ0n) is 5.88. The molecule has 0 spiro atoms. The Morgan fingerprint density at radius 1 is 1.50 bits per heavy atom. The van der Waals surface area contributed by atoms with Crippen LogP contribution in [-0.4, -0.2) is 23.7 Å². The number of esters is 1. The second-order valence-electron chi connectivity index (χ2n) is 1.65. The standard InChI is InChI=1S/C6H9O4/c1-3-10-6(9)4(2)5(7)8/h3H2,1-2H3,(H,7,8). The molecular weight excluding hydrogens is 136 g/mol. The van der Waals surface area contributed by atoms with E-state index in [1.807, 2.05) is 0 Å². The minimum absolute atomic E-state index is 0.198. The topological polar surface area (TPSA) is 63.6 Å². The lowest BCUT2D eigenvalue weighted by molar-refractivity contribution is -0.147. The van der Waals surface area contributed by atoms with E-state index in [0.717, 1.165) is 0 Å². The smallest absolute Gasteiger partial charge is 0.325 e. The van der Waals surface area contributed by atoms with Crippen molar-refractivity contribution < 1.29 is 19.4 Å². The molecule has 0 saturated heterocycles. The molecule has 0 atom stereocenters. The molecule has 0 bridgehead atoms. The van der Waals surface area contributed by atoms with Gasteiger partial charge in [-0.15, -0.1) is 0 Å². The average Bonchev–Trinajstić information content (AvgIpc) is 1.87. The number of rotatable bonds is 3. The molecule has 0 unspecified atom stereocenters. The summed E-state index contributed by atoms with van der Waals surface area (Å²) in [6.07, 6.45) is 0. The van der Waals surface area contributed by atoms with Gasteiger partial charge in [0.05, 0.1) is 6.61 Å². The maximum Gasteiger partial charge on any atom is 0.325 e. The fourth-order valence-corrected chi connectivity index (χ4v) is 0.327. The summed E-state index contributed by atoms with van der Waals surface area (Å²) in [7, 11) is 0. The van der Waals surface area contributed by atoms with Gasteiger partial charge in [0.1, 0.15) is 0 Å². The predicted molar refractivity (Wildman–Crippen MR) is 33.2 cm³/mol. The number of hydrogen-bond acceptors (Lipinski definition) is 3. The van der Waals surface area contributed by atoms with Crippen LogP contribution in [0.2, 0.25) is 0 Å². The van der Waals surface area contributed by atoms with Gasteiger partial charge in [-0.2, -0.15) is 0 Å². The van der Waals surface area contributed by atoms with Crippen LogP contribution in [0, 0.1) is 5.92 Å². The van der Waals surface area contributed by atoms with Crippen LogP contribution >= 0.6 is 0 Å². The Hall–Kier alpha value is -1.06. The molecule has 0 aliphatic carbocycles. The highest BCUT2D eigenvalue weighted by molar-refractivity contribution is 6.08. The van der Waals surface area contributed by atoms with E-state index in [2.05, 4.69) is 4.74 Å². The van der Waals surface area contributed by atoms with Gasteiger partial charge in [0.25, 0.3) is 0 Å². The lowest BCUT2D eigenvalue weighted by Crippen LogP contribution is -2.20. The van der Waals surface area contributed by atoms with Crippen LogP contribution in [0.15, 0.2) is 0 Å². The molecule has 0 rings (SSSR count). The molecule has 1 radical (unpaired) electrons. The van der Waals surface area contributed by atoms with Gasteiger partial charge in [0, 0.05) is 0 Å². The second kappa shape index (κ2) is 3.87. The van der Waals surface area contributed by atoms with E-state index in [-0.39, 0.29) is 12.5 Å². The van der Waals surface area contributed by atoms with Crippen molar-refractivity contribution in [2.45, 2.75) is 13.8 Å².